The molecule has 0 amide bonds. The summed E-state index contributed by atoms with van der Waals surface area (Å²) in [5.41, 5.74) is 2.90. The van der Waals surface area contributed by atoms with Gasteiger partial charge in [-0.3, -0.25) is 4.98 Å². The highest BCUT2D eigenvalue weighted by molar-refractivity contribution is 6.16. The highest BCUT2D eigenvalue weighted by atomic mass is 35.5. The van der Waals surface area contributed by atoms with Crippen LogP contribution in [-0.2, 0) is 5.88 Å². The first-order valence-corrected chi connectivity index (χ1v) is 6.62. The fraction of sp³-hybridized carbons (Fsp3) is 0.214. The standard InChI is InChI=1S/C14H13ClN4/c1-10(11-4-7-16-8-5-11)19-13(9-15)18-12-3-2-6-17-14(12)19/h2-8,10H,9H2,1H3. The Morgan fingerprint density at radius 3 is 2.74 bits per heavy atom. The van der Waals surface area contributed by atoms with Crippen molar-refractivity contribution in [2.75, 3.05) is 0 Å². The average Bonchev–Trinajstić information content (AvgIpc) is 2.86. The molecule has 0 aliphatic rings. The summed E-state index contributed by atoms with van der Waals surface area (Å²) in [6.07, 6.45) is 5.36. The van der Waals surface area contributed by atoms with Crippen LogP contribution in [0.4, 0.5) is 0 Å². The lowest BCUT2D eigenvalue weighted by Crippen LogP contribution is -2.10. The van der Waals surface area contributed by atoms with E-state index in [4.69, 9.17) is 11.6 Å². The number of pyridine rings is 2. The molecule has 0 radical (unpaired) electrons. The Bertz CT molecular complexity index is 693. The molecule has 19 heavy (non-hydrogen) atoms. The summed E-state index contributed by atoms with van der Waals surface area (Å²) in [4.78, 5) is 13.0. The molecule has 3 rings (SSSR count). The lowest BCUT2D eigenvalue weighted by atomic mass is 10.1. The van der Waals surface area contributed by atoms with Gasteiger partial charge in [0.25, 0.3) is 0 Å². The topological polar surface area (TPSA) is 43.6 Å². The first kappa shape index (κ1) is 12.1. The zero-order chi connectivity index (χ0) is 13.2. The van der Waals surface area contributed by atoms with Crippen molar-refractivity contribution >= 4 is 22.8 Å². The van der Waals surface area contributed by atoms with E-state index in [1.165, 1.54) is 0 Å². The molecule has 1 unspecified atom stereocenters. The van der Waals surface area contributed by atoms with Gasteiger partial charge in [-0.2, -0.15) is 0 Å². The van der Waals surface area contributed by atoms with Crippen LogP contribution in [0.15, 0.2) is 42.9 Å². The van der Waals surface area contributed by atoms with E-state index in [0.717, 1.165) is 22.6 Å². The number of alkyl halides is 1. The summed E-state index contributed by atoms with van der Waals surface area (Å²) in [7, 11) is 0. The first-order chi connectivity index (χ1) is 9.31. The van der Waals surface area contributed by atoms with Crippen molar-refractivity contribution in [3.05, 3.63) is 54.2 Å². The van der Waals surface area contributed by atoms with Gasteiger partial charge in [-0.25, -0.2) is 9.97 Å². The Labute approximate surface area is 116 Å². The maximum Gasteiger partial charge on any atom is 0.160 e. The Morgan fingerprint density at radius 1 is 1.21 bits per heavy atom. The highest BCUT2D eigenvalue weighted by Crippen LogP contribution is 2.25. The van der Waals surface area contributed by atoms with Gasteiger partial charge in [-0.15, -0.1) is 11.6 Å². The zero-order valence-corrected chi connectivity index (χ0v) is 11.2. The molecule has 0 aliphatic heterocycles. The van der Waals surface area contributed by atoms with Gasteiger partial charge in [0, 0.05) is 18.6 Å². The summed E-state index contributed by atoms with van der Waals surface area (Å²) >= 11 is 6.01. The fourth-order valence-corrected chi connectivity index (χ4v) is 2.46. The molecule has 0 fully saturated rings. The van der Waals surface area contributed by atoms with Crippen LogP contribution in [0, 0.1) is 0 Å². The van der Waals surface area contributed by atoms with Crippen molar-refractivity contribution in [3.63, 3.8) is 0 Å². The van der Waals surface area contributed by atoms with Gasteiger partial charge >= 0.3 is 0 Å². The van der Waals surface area contributed by atoms with Crippen molar-refractivity contribution in [2.45, 2.75) is 18.8 Å². The van der Waals surface area contributed by atoms with Crippen LogP contribution in [0.1, 0.15) is 24.4 Å². The second kappa shape index (κ2) is 4.97. The van der Waals surface area contributed by atoms with Gasteiger partial charge in [0.15, 0.2) is 5.65 Å². The Kier molecular flexibility index (Phi) is 3.17. The van der Waals surface area contributed by atoms with Gasteiger partial charge in [0.1, 0.15) is 11.3 Å². The molecule has 1 atom stereocenters. The Morgan fingerprint density at radius 2 is 2.00 bits per heavy atom. The average molecular weight is 273 g/mol. The van der Waals surface area contributed by atoms with E-state index in [9.17, 15) is 0 Å². The smallest absolute Gasteiger partial charge is 0.160 e. The number of hydrogen-bond acceptors (Lipinski definition) is 3. The van der Waals surface area contributed by atoms with Crippen LogP contribution in [0.25, 0.3) is 11.2 Å². The third kappa shape index (κ3) is 2.08. The highest BCUT2D eigenvalue weighted by Gasteiger charge is 2.17. The number of halogens is 1. The number of imidazole rings is 1. The molecule has 3 heterocycles. The third-order valence-electron chi connectivity index (χ3n) is 3.22. The quantitative estimate of drug-likeness (QED) is 0.688. The normalized spacial score (nSPS) is 12.7. The van der Waals surface area contributed by atoms with Gasteiger partial charge in [0.05, 0.1) is 11.9 Å². The van der Waals surface area contributed by atoms with E-state index < -0.39 is 0 Å². The molecule has 0 bridgehead atoms. The summed E-state index contributed by atoms with van der Waals surface area (Å²) < 4.78 is 2.08. The van der Waals surface area contributed by atoms with Crippen molar-refractivity contribution in [2.24, 2.45) is 0 Å². The Hall–Kier alpha value is -1.94. The van der Waals surface area contributed by atoms with Crippen molar-refractivity contribution in [1.82, 2.24) is 19.5 Å². The second-order valence-electron chi connectivity index (χ2n) is 4.33. The lowest BCUT2D eigenvalue weighted by Gasteiger charge is -2.16. The van der Waals surface area contributed by atoms with E-state index in [1.54, 1.807) is 18.6 Å². The number of fused-ring (bicyclic) bond motifs is 1. The summed E-state index contributed by atoms with van der Waals surface area (Å²) in [5, 5.41) is 0. The minimum atomic E-state index is 0.122. The summed E-state index contributed by atoms with van der Waals surface area (Å²) in [6.45, 7) is 2.11. The molecule has 96 valence electrons. The molecule has 5 heteroatoms. The number of hydrogen-bond donors (Lipinski definition) is 0. The van der Waals surface area contributed by atoms with E-state index >= 15 is 0 Å². The molecule has 0 N–H and O–H groups in total. The van der Waals surface area contributed by atoms with Gasteiger partial charge in [0.2, 0.25) is 0 Å². The van der Waals surface area contributed by atoms with E-state index in [1.807, 2.05) is 24.3 Å². The van der Waals surface area contributed by atoms with Crippen LogP contribution in [0.3, 0.4) is 0 Å². The molecular weight excluding hydrogens is 260 g/mol. The van der Waals surface area contributed by atoms with Crippen LogP contribution >= 0.6 is 11.6 Å². The molecule has 0 aromatic carbocycles. The van der Waals surface area contributed by atoms with Crippen LogP contribution in [0.5, 0.6) is 0 Å². The summed E-state index contributed by atoms with van der Waals surface area (Å²) in [6, 6.07) is 7.95. The maximum atomic E-state index is 6.01. The Balaban J connectivity index is 2.18. The first-order valence-electron chi connectivity index (χ1n) is 6.09. The van der Waals surface area contributed by atoms with Crippen molar-refractivity contribution in [1.29, 1.82) is 0 Å². The SMILES string of the molecule is CC(c1ccncc1)n1c(CCl)nc2cccnc21. The van der Waals surface area contributed by atoms with Gasteiger partial charge < -0.3 is 4.57 Å². The molecule has 0 saturated carbocycles. The molecule has 4 nitrogen and oxygen atoms in total. The van der Waals surface area contributed by atoms with E-state index in [-0.39, 0.29) is 6.04 Å². The fourth-order valence-electron chi connectivity index (χ4n) is 2.27. The molecule has 3 aromatic heterocycles. The second-order valence-corrected chi connectivity index (χ2v) is 4.60. The molecule has 0 saturated heterocycles. The van der Waals surface area contributed by atoms with Crippen molar-refractivity contribution in [3.8, 4) is 0 Å². The number of nitrogens with zero attached hydrogens (tertiary/aromatic N) is 4. The van der Waals surface area contributed by atoms with Crippen molar-refractivity contribution < 1.29 is 0 Å². The van der Waals surface area contributed by atoms with Crippen LogP contribution in [-0.4, -0.2) is 19.5 Å². The van der Waals surface area contributed by atoms with Gasteiger partial charge in [-0.05, 0) is 36.8 Å². The predicted octanol–water partition coefficient (Wildman–Crippen LogP) is 3.17. The maximum absolute atomic E-state index is 6.01. The molecule has 3 aromatic rings. The summed E-state index contributed by atoms with van der Waals surface area (Å²) in [5.74, 6) is 1.20. The number of aromatic nitrogens is 4. The van der Waals surface area contributed by atoms with Crippen LogP contribution < -0.4 is 0 Å². The van der Waals surface area contributed by atoms with E-state index in [2.05, 4.69) is 26.4 Å². The monoisotopic (exact) mass is 272 g/mol. The zero-order valence-electron chi connectivity index (χ0n) is 10.5. The van der Waals surface area contributed by atoms with Gasteiger partial charge in [-0.1, -0.05) is 0 Å². The minimum absolute atomic E-state index is 0.122. The molecule has 0 spiro atoms. The number of rotatable bonds is 3. The largest absolute Gasteiger partial charge is 0.304 e. The predicted molar refractivity (Wildman–Crippen MR) is 75.1 cm³/mol. The van der Waals surface area contributed by atoms with Crippen LogP contribution in [0.2, 0.25) is 0 Å². The third-order valence-corrected chi connectivity index (χ3v) is 3.46. The lowest BCUT2D eigenvalue weighted by molar-refractivity contribution is 0.628. The molecular formula is C14H13ClN4. The van der Waals surface area contributed by atoms with E-state index in [0.29, 0.717) is 5.88 Å². The molecule has 0 aliphatic carbocycles. The minimum Gasteiger partial charge on any atom is -0.304 e.